The van der Waals surface area contributed by atoms with Gasteiger partial charge in [-0.05, 0) is 107 Å². The molecule has 3 aromatic rings. The van der Waals surface area contributed by atoms with Gasteiger partial charge >= 0.3 is 24.4 Å². The van der Waals surface area contributed by atoms with Crippen LogP contribution < -0.4 is 4.90 Å². The van der Waals surface area contributed by atoms with Gasteiger partial charge in [-0.1, -0.05) is 18.2 Å². The molecule has 0 N–H and O–H groups in total. The second-order valence-corrected chi connectivity index (χ2v) is 15.9. The van der Waals surface area contributed by atoms with Gasteiger partial charge in [0.1, 0.15) is 22.4 Å². The third kappa shape index (κ3) is 9.57. The molecule has 0 radical (unpaired) electrons. The van der Waals surface area contributed by atoms with Gasteiger partial charge in [-0.15, -0.1) is 0 Å². The maximum atomic E-state index is 13.8. The molecule has 270 valence electrons. The molecule has 3 amide bonds. The lowest BCUT2D eigenvalue weighted by Gasteiger charge is -2.30. The van der Waals surface area contributed by atoms with E-state index in [9.17, 15) is 19.2 Å². The quantitative estimate of drug-likeness (QED) is 0.245. The summed E-state index contributed by atoms with van der Waals surface area (Å²) in [6.07, 6.45) is 0.306. The van der Waals surface area contributed by atoms with Gasteiger partial charge in [-0.25, -0.2) is 38.7 Å². The van der Waals surface area contributed by atoms with Gasteiger partial charge < -0.3 is 23.8 Å². The van der Waals surface area contributed by atoms with E-state index in [1.807, 2.05) is 6.08 Å². The number of carbonyl (C=O) groups is 4. The molecule has 0 saturated heterocycles. The van der Waals surface area contributed by atoms with E-state index in [4.69, 9.17) is 28.9 Å². The minimum atomic E-state index is -1.07. The van der Waals surface area contributed by atoms with E-state index in [1.54, 1.807) is 112 Å². The van der Waals surface area contributed by atoms with Crippen molar-refractivity contribution in [3.63, 3.8) is 0 Å². The maximum absolute atomic E-state index is 13.8. The number of para-hydroxylation sites is 2. The monoisotopic (exact) mass is 692 g/mol. The van der Waals surface area contributed by atoms with Gasteiger partial charge in [0, 0.05) is 13.1 Å². The van der Waals surface area contributed by atoms with E-state index >= 15 is 0 Å². The van der Waals surface area contributed by atoms with Crippen molar-refractivity contribution in [3.05, 3.63) is 42.2 Å². The minimum absolute atomic E-state index is 0.0336. The molecule has 14 nitrogen and oxygen atoms in total. The number of anilines is 1. The van der Waals surface area contributed by atoms with E-state index in [2.05, 4.69) is 4.98 Å². The number of benzene rings is 1. The molecule has 0 unspecified atom stereocenters. The second kappa shape index (κ2) is 13.7. The van der Waals surface area contributed by atoms with Crippen LogP contribution in [0.2, 0.25) is 0 Å². The molecule has 0 fully saturated rings. The Hall–Kier alpha value is -5.01. The molecule has 0 atom stereocenters. The average molecular weight is 693 g/mol. The van der Waals surface area contributed by atoms with Crippen molar-refractivity contribution in [1.29, 1.82) is 0 Å². The molecule has 1 aliphatic heterocycles. The number of imide groups is 1. The molecule has 14 heteroatoms. The van der Waals surface area contributed by atoms with Gasteiger partial charge in [0.15, 0.2) is 17.3 Å². The molecule has 0 aliphatic carbocycles. The third-order valence-corrected chi connectivity index (χ3v) is 6.66. The van der Waals surface area contributed by atoms with E-state index < -0.39 is 46.8 Å². The van der Waals surface area contributed by atoms with Crippen LogP contribution in [-0.4, -0.2) is 84.3 Å². The van der Waals surface area contributed by atoms with Crippen LogP contribution in [0.1, 0.15) is 95.2 Å². The first-order valence-corrected chi connectivity index (χ1v) is 16.4. The van der Waals surface area contributed by atoms with Crippen molar-refractivity contribution >= 4 is 46.8 Å². The number of nitrogens with zero attached hydrogens (tertiary/aromatic N) is 6. The summed E-state index contributed by atoms with van der Waals surface area (Å²) >= 11 is 0. The Balaban J connectivity index is 1.96. The lowest BCUT2D eigenvalue weighted by atomic mass is 10.1. The summed E-state index contributed by atoms with van der Waals surface area (Å²) in [6, 6.07) is 6.92. The first kappa shape index (κ1) is 37.8. The highest BCUT2D eigenvalue weighted by Gasteiger charge is 2.38. The number of aromatic nitrogens is 4. The highest BCUT2D eigenvalue weighted by atomic mass is 16.6. The molecule has 1 aromatic carbocycles. The highest BCUT2D eigenvalue weighted by molar-refractivity contribution is 6.11. The standard InChI is InChI=1S/C36H48N6O8/c1-33(2,3)47-29(43)40-19-17-22(18-20-40)24-21-37-27(42(31(45)49-35(7,8)9)32(46)50-36(10,11)12)26(38-24)28-39-23-15-13-14-16-25(23)41(28)30(44)48-34(4,5)6/h13-17,21H,18-20H2,1-12H3. The van der Waals surface area contributed by atoms with Crippen LogP contribution in [0.25, 0.3) is 28.1 Å². The van der Waals surface area contributed by atoms with Crippen molar-refractivity contribution in [1.82, 2.24) is 24.4 Å². The topological polar surface area (TPSA) is 155 Å². The predicted molar refractivity (Wildman–Crippen MR) is 188 cm³/mol. The second-order valence-electron chi connectivity index (χ2n) is 15.9. The normalized spacial score (nSPS) is 14.2. The molecular weight excluding hydrogens is 644 g/mol. The molecular formula is C36H48N6O8. The Morgan fingerprint density at radius 3 is 1.78 bits per heavy atom. The third-order valence-electron chi connectivity index (χ3n) is 6.66. The summed E-state index contributed by atoms with van der Waals surface area (Å²) in [4.78, 5) is 70.6. The average Bonchev–Trinajstić information content (AvgIpc) is 3.33. The van der Waals surface area contributed by atoms with Crippen LogP contribution in [0, 0.1) is 0 Å². The predicted octanol–water partition coefficient (Wildman–Crippen LogP) is 7.98. The number of fused-ring (bicyclic) bond motifs is 1. The Labute approximate surface area is 292 Å². The lowest BCUT2D eigenvalue weighted by molar-refractivity contribution is 0.0268. The fraction of sp³-hybridized carbons (Fsp3) is 0.528. The molecule has 50 heavy (non-hydrogen) atoms. The first-order chi connectivity index (χ1) is 22.9. The van der Waals surface area contributed by atoms with Gasteiger partial charge in [-0.3, -0.25) is 0 Å². The Kier molecular flexibility index (Phi) is 10.4. The van der Waals surface area contributed by atoms with Gasteiger partial charge in [0.25, 0.3) is 0 Å². The Morgan fingerprint density at radius 2 is 1.26 bits per heavy atom. The first-order valence-electron chi connectivity index (χ1n) is 16.4. The van der Waals surface area contributed by atoms with E-state index in [1.165, 1.54) is 10.8 Å². The summed E-state index contributed by atoms with van der Waals surface area (Å²) in [5, 5.41) is 0. The Bertz CT molecular complexity index is 1790. The molecule has 0 saturated carbocycles. The lowest BCUT2D eigenvalue weighted by Crippen LogP contribution is -2.44. The minimum Gasteiger partial charge on any atom is -0.444 e. The van der Waals surface area contributed by atoms with E-state index in [0.717, 1.165) is 5.57 Å². The van der Waals surface area contributed by atoms with Gasteiger partial charge in [0.2, 0.25) is 0 Å². The van der Waals surface area contributed by atoms with Crippen LogP contribution in [0.5, 0.6) is 0 Å². The highest BCUT2D eigenvalue weighted by Crippen LogP contribution is 2.34. The number of hydrogen-bond donors (Lipinski definition) is 0. The van der Waals surface area contributed by atoms with Crippen LogP contribution in [0.4, 0.5) is 25.0 Å². The summed E-state index contributed by atoms with van der Waals surface area (Å²) < 4.78 is 23.8. The largest absolute Gasteiger partial charge is 0.444 e. The number of hydrogen-bond acceptors (Lipinski definition) is 11. The van der Waals surface area contributed by atoms with Crippen molar-refractivity contribution in [2.75, 3.05) is 18.0 Å². The van der Waals surface area contributed by atoms with E-state index in [0.29, 0.717) is 34.6 Å². The molecule has 1 aliphatic rings. The van der Waals surface area contributed by atoms with Crippen LogP contribution in [0.3, 0.4) is 0 Å². The molecule has 2 aromatic heterocycles. The SMILES string of the molecule is CC(C)(C)OC(=O)N1CC=C(c2cnc(N(C(=O)OC(C)(C)C)C(=O)OC(C)(C)C)c(-c3nc4ccccc4n3C(=O)OC(C)(C)C)n2)CC1. The molecule has 3 heterocycles. The maximum Gasteiger partial charge on any atom is 0.425 e. The van der Waals surface area contributed by atoms with Crippen LogP contribution in [0.15, 0.2) is 36.5 Å². The van der Waals surface area contributed by atoms with Gasteiger partial charge in [0.05, 0.1) is 22.9 Å². The summed E-state index contributed by atoms with van der Waals surface area (Å²) in [6.45, 7) is 21.2. The number of rotatable bonds is 3. The summed E-state index contributed by atoms with van der Waals surface area (Å²) in [5.74, 6) is -0.308. The molecule has 4 rings (SSSR count). The number of imidazole rings is 1. The number of amides is 3. The van der Waals surface area contributed by atoms with Crippen molar-refractivity contribution < 1.29 is 38.1 Å². The van der Waals surface area contributed by atoms with E-state index in [-0.39, 0.29) is 23.9 Å². The summed E-state index contributed by atoms with van der Waals surface area (Å²) in [7, 11) is 0. The zero-order valence-electron chi connectivity index (χ0n) is 31.0. The zero-order chi connectivity index (χ0) is 37.4. The van der Waals surface area contributed by atoms with Crippen LogP contribution in [-0.2, 0) is 18.9 Å². The van der Waals surface area contributed by atoms with Crippen molar-refractivity contribution in [2.24, 2.45) is 0 Å². The summed E-state index contributed by atoms with van der Waals surface area (Å²) in [5.41, 5.74) is -1.65. The molecule has 0 bridgehead atoms. The zero-order valence-corrected chi connectivity index (χ0v) is 31.0. The smallest absolute Gasteiger partial charge is 0.425 e. The fourth-order valence-electron chi connectivity index (χ4n) is 4.79. The van der Waals surface area contributed by atoms with Crippen LogP contribution >= 0.6 is 0 Å². The molecule has 0 spiro atoms. The fourth-order valence-corrected chi connectivity index (χ4v) is 4.79. The van der Waals surface area contributed by atoms with Crippen molar-refractivity contribution in [2.45, 2.75) is 112 Å². The Morgan fingerprint density at radius 1 is 0.720 bits per heavy atom. The number of ether oxygens (including phenoxy) is 4. The van der Waals surface area contributed by atoms with Gasteiger partial charge in [-0.2, -0.15) is 4.90 Å². The van der Waals surface area contributed by atoms with Crippen molar-refractivity contribution in [3.8, 4) is 11.5 Å². The number of carbonyl (C=O) groups excluding carboxylic acids is 4.